The van der Waals surface area contributed by atoms with E-state index in [1.807, 2.05) is 0 Å². The summed E-state index contributed by atoms with van der Waals surface area (Å²) in [5.41, 5.74) is 2.71. The van der Waals surface area contributed by atoms with Gasteiger partial charge in [-0.15, -0.1) is 0 Å². The zero-order chi connectivity index (χ0) is 4.41. The van der Waals surface area contributed by atoms with Gasteiger partial charge in [-0.3, -0.25) is 4.84 Å². The van der Waals surface area contributed by atoms with Gasteiger partial charge in [0, 0.05) is 6.54 Å². The van der Waals surface area contributed by atoms with Crippen LogP contribution in [-0.4, -0.2) is 12.6 Å². The second-order valence-corrected chi connectivity index (χ2v) is 1.50. The fraction of sp³-hybridized carbons (Fsp3) is 1.00. The van der Waals surface area contributed by atoms with Crippen LogP contribution in [0.5, 0.6) is 0 Å². The number of hydrogen-bond donors (Lipinski definition) is 1. The van der Waals surface area contributed by atoms with E-state index in [2.05, 4.69) is 12.4 Å². The summed E-state index contributed by atoms with van der Waals surface area (Å²) in [7, 11) is 0. The lowest BCUT2D eigenvalue weighted by atomic mass is 10.3. The molecule has 1 aliphatic rings. The number of nitrogens with one attached hydrogen (secondary N) is 1. The highest BCUT2D eigenvalue weighted by Gasteiger charge is 2.13. The van der Waals surface area contributed by atoms with Crippen molar-refractivity contribution in [2.45, 2.75) is 19.4 Å². The number of hydroxylamine groups is 1. The Hall–Kier alpha value is -0.0800. The fourth-order valence-electron chi connectivity index (χ4n) is 0.429. The second kappa shape index (κ2) is 1.58. The van der Waals surface area contributed by atoms with Gasteiger partial charge in [0.2, 0.25) is 0 Å². The Morgan fingerprint density at radius 1 is 2.00 bits per heavy atom. The van der Waals surface area contributed by atoms with Crippen molar-refractivity contribution >= 4 is 0 Å². The Bertz CT molecular complexity index is 40.1. The molecule has 0 aliphatic carbocycles. The van der Waals surface area contributed by atoms with E-state index in [0.29, 0.717) is 6.10 Å². The number of hydrogen-bond acceptors (Lipinski definition) is 2. The SMILES string of the molecule is CCC1CNO1. The Labute approximate surface area is 37.4 Å². The van der Waals surface area contributed by atoms with Gasteiger partial charge in [-0.25, -0.2) is 0 Å². The minimum atomic E-state index is 0.505. The van der Waals surface area contributed by atoms with Gasteiger partial charge in [0.25, 0.3) is 0 Å². The van der Waals surface area contributed by atoms with Crippen LogP contribution in [0.15, 0.2) is 0 Å². The molecular formula is C4H9NO. The smallest absolute Gasteiger partial charge is 0.0934 e. The number of rotatable bonds is 1. The molecule has 0 aromatic rings. The van der Waals surface area contributed by atoms with Gasteiger partial charge in [-0.05, 0) is 6.42 Å². The molecule has 0 aromatic carbocycles. The lowest BCUT2D eigenvalue weighted by molar-refractivity contribution is -0.122. The molecular weight excluding hydrogens is 78.0 g/mol. The molecule has 1 unspecified atom stereocenters. The van der Waals surface area contributed by atoms with E-state index >= 15 is 0 Å². The van der Waals surface area contributed by atoms with Crippen LogP contribution in [0.25, 0.3) is 0 Å². The maximum absolute atomic E-state index is 4.83. The predicted octanol–water partition coefficient (Wildman–Crippen LogP) is 0.300. The third kappa shape index (κ3) is 0.533. The normalized spacial score (nSPS) is 32.5. The van der Waals surface area contributed by atoms with Gasteiger partial charge in [-0.2, -0.15) is 5.48 Å². The van der Waals surface area contributed by atoms with Crippen molar-refractivity contribution in [1.29, 1.82) is 0 Å². The lowest BCUT2D eigenvalue weighted by Gasteiger charge is -2.24. The molecule has 0 spiro atoms. The first-order valence-corrected chi connectivity index (χ1v) is 2.32. The van der Waals surface area contributed by atoms with Crippen molar-refractivity contribution in [3.63, 3.8) is 0 Å². The van der Waals surface area contributed by atoms with Crippen LogP contribution >= 0.6 is 0 Å². The third-order valence-electron chi connectivity index (χ3n) is 1.02. The minimum Gasteiger partial charge on any atom is -0.297 e. The van der Waals surface area contributed by atoms with E-state index in [9.17, 15) is 0 Å². The van der Waals surface area contributed by atoms with Crippen molar-refractivity contribution in [2.75, 3.05) is 6.54 Å². The van der Waals surface area contributed by atoms with Crippen LogP contribution in [0.1, 0.15) is 13.3 Å². The van der Waals surface area contributed by atoms with E-state index in [1.54, 1.807) is 0 Å². The van der Waals surface area contributed by atoms with Crippen LogP contribution in [0.2, 0.25) is 0 Å². The van der Waals surface area contributed by atoms with Crippen molar-refractivity contribution in [1.82, 2.24) is 5.48 Å². The first kappa shape index (κ1) is 4.09. The van der Waals surface area contributed by atoms with Crippen LogP contribution in [0.4, 0.5) is 0 Å². The van der Waals surface area contributed by atoms with Crippen LogP contribution in [-0.2, 0) is 4.84 Å². The molecule has 2 nitrogen and oxygen atoms in total. The van der Waals surface area contributed by atoms with Gasteiger partial charge in [-0.1, -0.05) is 6.92 Å². The summed E-state index contributed by atoms with van der Waals surface area (Å²) in [5, 5.41) is 0. The molecule has 0 aromatic heterocycles. The highest BCUT2D eigenvalue weighted by molar-refractivity contribution is 4.60. The average Bonchev–Trinajstić information content (AvgIpc) is 1.31. The Kier molecular flexibility index (Phi) is 1.08. The van der Waals surface area contributed by atoms with Crippen LogP contribution < -0.4 is 5.48 Å². The van der Waals surface area contributed by atoms with Gasteiger partial charge in [0.1, 0.15) is 0 Å². The molecule has 6 heavy (non-hydrogen) atoms. The summed E-state index contributed by atoms with van der Waals surface area (Å²) in [6.07, 6.45) is 1.64. The molecule has 36 valence electrons. The highest BCUT2D eigenvalue weighted by atomic mass is 16.7. The van der Waals surface area contributed by atoms with Gasteiger partial charge >= 0.3 is 0 Å². The molecule has 1 heterocycles. The maximum Gasteiger partial charge on any atom is 0.0934 e. The van der Waals surface area contributed by atoms with E-state index in [-0.39, 0.29) is 0 Å². The van der Waals surface area contributed by atoms with E-state index in [0.717, 1.165) is 13.0 Å². The topological polar surface area (TPSA) is 21.3 Å². The lowest BCUT2D eigenvalue weighted by Crippen LogP contribution is -2.43. The molecule has 1 aliphatic heterocycles. The summed E-state index contributed by atoms with van der Waals surface area (Å²) in [6.45, 7) is 3.15. The Morgan fingerprint density at radius 2 is 2.67 bits per heavy atom. The second-order valence-electron chi connectivity index (χ2n) is 1.50. The molecule has 2 heteroatoms. The molecule has 0 amide bonds. The van der Waals surface area contributed by atoms with Crippen molar-refractivity contribution in [2.24, 2.45) is 0 Å². The highest BCUT2D eigenvalue weighted by Crippen LogP contribution is 2.00. The summed E-state index contributed by atoms with van der Waals surface area (Å²) < 4.78 is 0. The monoisotopic (exact) mass is 87.1 g/mol. The molecule has 1 N–H and O–H groups in total. The quantitative estimate of drug-likeness (QED) is 0.496. The molecule has 1 rings (SSSR count). The van der Waals surface area contributed by atoms with Crippen LogP contribution in [0.3, 0.4) is 0 Å². The van der Waals surface area contributed by atoms with Crippen molar-refractivity contribution in [3.8, 4) is 0 Å². The summed E-state index contributed by atoms with van der Waals surface area (Å²) in [4.78, 5) is 4.83. The molecule has 0 bridgehead atoms. The third-order valence-corrected chi connectivity index (χ3v) is 1.02. The molecule has 1 fully saturated rings. The summed E-state index contributed by atoms with van der Waals surface area (Å²) in [6, 6.07) is 0. The van der Waals surface area contributed by atoms with Gasteiger partial charge < -0.3 is 0 Å². The Morgan fingerprint density at radius 3 is 2.67 bits per heavy atom. The maximum atomic E-state index is 4.83. The van der Waals surface area contributed by atoms with Crippen LogP contribution in [0, 0.1) is 0 Å². The van der Waals surface area contributed by atoms with E-state index in [1.165, 1.54) is 0 Å². The fourth-order valence-corrected chi connectivity index (χ4v) is 0.429. The van der Waals surface area contributed by atoms with E-state index < -0.39 is 0 Å². The van der Waals surface area contributed by atoms with Crippen molar-refractivity contribution < 1.29 is 4.84 Å². The zero-order valence-electron chi connectivity index (χ0n) is 3.90. The minimum absolute atomic E-state index is 0.505. The standard InChI is InChI=1S/C4H9NO/c1-2-4-3-5-6-4/h4-5H,2-3H2,1H3. The Balaban J connectivity index is 2.01. The summed E-state index contributed by atoms with van der Waals surface area (Å²) in [5.74, 6) is 0. The molecule has 1 atom stereocenters. The van der Waals surface area contributed by atoms with E-state index in [4.69, 9.17) is 4.84 Å². The largest absolute Gasteiger partial charge is 0.297 e. The molecule has 0 saturated carbocycles. The molecule has 0 radical (unpaired) electrons. The molecule has 1 saturated heterocycles. The summed E-state index contributed by atoms with van der Waals surface area (Å²) >= 11 is 0. The van der Waals surface area contributed by atoms with Gasteiger partial charge in [0.05, 0.1) is 6.10 Å². The van der Waals surface area contributed by atoms with Crippen molar-refractivity contribution in [3.05, 3.63) is 0 Å². The average molecular weight is 87.1 g/mol. The van der Waals surface area contributed by atoms with Gasteiger partial charge in [0.15, 0.2) is 0 Å². The first-order chi connectivity index (χ1) is 2.93. The first-order valence-electron chi connectivity index (χ1n) is 2.32. The zero-order valence-corrected chi connectivity index (χ0v) is 3.90. The predicted molar refractivity (Wildman–Crippen MR) is 23.2 cm³/mol.